The minimum atomic E-state index is -1.16. The van der Waals surface area contributed by atoms with Gasteiger partial charge in [-0.25, -0.2) is 9.18 Å². The highest BCUT2D eigenvalue weighted by molar-refractivity contribution is 5.89. The van der Waals surface area contributed by atoms with Crippen LogP contribution in [0.2, 0.25) is 0 Å². The van der Waals surface area contributed by atoms with Crippen LogP contribution in [-0.2, 0) is 16.1 Å². The molecule has 2 rings (SSSR count). The van der Waals surface area contributed by atoms with E-state index in [1.54, 1.807) is 0 Å². The molecule has 0 atom stereocenters. The third kappa shape index (κ3) is 3.95. The third-order valence-corrected chi connectivity index (χ3v) is 2.62. The lowest BCUT2D eigenvalue weighted by atomic mass is 10.2. The minimum Gasteiger partial charge on any atom is -0.482 e. The molecule has 0 saturated heterocycles. The maximum Gasteiger partial charge on any atom is 0.371 e. The molecule has 3 nitrogen and oxygen atoms in total. The molecule has 2 aromatic carbocycles. The van der Waals surface area contributed by atoms with Crippen molar-refractivity contribution in [3.05, 3.63) is 77.3 Å². The molecule has 0 radical (unpaired) electrons. The van der Waals surface area contributed by atoms with Gasteiger partial charge in [-0.05, 0) is 29.3 Å². The molecule has 102 valence electrons. The van der Waals surface area contributed by atoms with Gasteiger partial charge in [-0.2, -0.15) is 0 Å². The second kappa shape index (κ2) is 6.52. The Hall–Kier alpha value is -2.62. The van der Waals surface area contributed by atoms with Gasteiger partial charge in [0, 0.05) is 0 Å². The van der Waals surface area contributed by atoms with Crippen molar-refractivity contribution < 1.29 is 19.0 Å². The average molecular weight is 272 g/mol. The van der Waals surface area contributed by atoms with Crippen LogP contribution in [0.1, 0.15) is 11.1 Å². The van der Waals surface area contributed by atoms with Gasteiger partial charge in [-0.15, -0.1) is 0 Å². The first-order valence-corrected chi connectivity index (χ1v) is 6.02. The Morgan fingerprint density at radius 3 is 2.35 bits per heavy atom. The van der Waals surface area contributed by atoms with Crippen LogP contribution in [0.15, 0.2) is 60.4 Å². The van der Waals surface area contributed by atoms with Gasteiger partial charge in [0.05, 0.1) is 0 Å². The first-order chi connectivity index (χ1) is 9.65. The van der Waals surface area contributed by atoms with Crippen LogP contribution < -0.4 is 0 Å². The fraction of sp³-hybridized carbons (Fsp3) is 0.0625. The molecule has 0 aromatic heterocycles. The SMILES string of the molecule is O=C(O)/C(=C/c1ccc(F)cc1)OCc1ccccc1. The van der Waals surface area contributed by atoms with Crippen LogP contribution in [0.5, 0.6) is 0 Å². The number of hydrogen-bond donors (Lipinski definition) is 1. The summed E-state index contributed by atoms with van der Waals surface area (Å²) in [6.45, 7) is 0.167. The van der Waals surface area contributed by atoms with Gasteiger partial charge < -0.3 is 9.84 Å². The Kier molecular flexibility index (Phi) is 4.50. The fourth-order valence-electron chi connectivity index (χ4n) is 1.61. The Morgan fingerprint density at radius 1 is 1.10 bits per heavy atom. The number of carboxylic acid groups (broad SMARTS) is 1. The fourth-order valence-corrected chi connectivity index (χ4v) is 1.61. The summed E-state index contributed by atoms with van der Waals surface area (Å²) in [5.41, 5.74) is 1.44. The molecule has 0 bridgehead atoms. The summed E-state index contributed by atoms with van der Waals surface area (Å²) in [6, 6.07) is 14.8. The predicted molar refractivity (Wildman–Crippen MR) is 73.2 cm³/mol. The molecule has 0 aliphatic rings. The average Bonchev–Trinajstić information content (AvgIpc) is 2.46. The summed E-state index contributed by atoms with van der Waals surface area (Å²) in [7, 11) is 0. The van der Waals surface area contributed by atoms with Crippen LogP contribution in [0.3, 0.4) is 0 Å². The molecule has 4 heteroatoms. The minimum absolute atomic E-state index is 0.167. The number of rotatable bonds is 5. The highest BCUT2D eigenvalue weighted by Gasteiger charge is 2.09. The zero-order chi connectivity index (χ0) is 14.4. The highest BCUT2D eigenvalue weighted by atomic mass is 19.1. The summed E-state index contributed by atoms with van der Waals surface area (Å²) in [6.07, 6.45) is 1.37. The largest absolute Gasteiger partial charge is 0.482 e. The van der Waals surface area contributed by atoms with Crippen LogP contribution in [0.25, 0.3) is 6.08 Å². The van der Waals surface area contributed by atoms with Gasteiger partial charge in [0.2, 0.25) is 5.76 Å². The van der Waals surface area contributed by atoms with Gasteiger partial charge in [-0.3, -0.25) is 0 Å². The van der Waals surface area contributed by atoms with Gasteiger partial charge in [0.1, 0.15) is 12.4 Å². The van der Waals surface area contributed by atoms with E-state index in [4.69, 9.17) is 9.84 Å². The Morgan fingerprint density at radius 2 is 1.75 bits per heavy atom. The summed E-state index contributed by atoms with van der Waals surface area (Å²) in [5, 5.41) is 9.10. The van der Waals surface area contributed by atoms with Crippen LogP contribution >= 0.6 is 0 Å². The van der Waals surface area contributed by atoms with E-state index in [9.17, 15) is 9.18 Å². The monoisotopic (exact) mass is 272 g/mol. The summed E-state index contributed by atoms with van der Waals surface area (Å²) >= 11 is 0. The molecule has 2 aromatic rings. The van der Waals surface area contributed by atoms with E-state index >= 15 is 0 Å². The van der Waals surface area contributed by atoms with E-state index in [2.05, 4.69) is 0 Å². The molecule has 1 N–H and O–H groups in total. The molecule has 0 aliphatic carbocycles. The van der Waals surface area contributed by atoms with E-state index in [1.165, 1.54) is 30.3 Å². The normalized spacial score (nSPS) is 11.2. The van der Waals surface area contributed by atoms with E-state index in [0.717, 1.165) is 5.56 Å². The number of aliphatic carboxylic acids is 1. The van der Waals surface area contributed by atoms with Crippen LogP contribution in [0, 0.1) is 5.82 Å². The molecular formula is C16H13FO3. The first kappa shape index (κ1) is 13.8. The van der Waals surface area contributed by atoms with E-state index < -0.39 is 5.97 Å². The van der Waals surface area contributed by atoms with Crippen molar-refractivity contribution in [2.24, 2.45) is 0 Å². The second-order valence-corrected chi connectivity index (χ2v) is 4.14. The van der Waals surface area contributed by atoms with Gasteiger partial charge >= 0.3 is 5.97 Å². The Bertz CT molecular complexity index is 603. The van der Waals surface area contributed by atoms with Crippen molar-refractivity contribution >= 4 is 12.0 Å². The zero-order valence-electron chi connectivity index (χ0n) is 10.6. The van der Waals surface area contributed by atoms with E-state index in [0.29, 0.717) is 5.56 Å². The highest BCUT2D eigenvalue weighted by Crippen LogP contribution is 2.12. The van der Waals surface area contributed by atoms with Gasteiger partial charge in [0.25, 0.3) is 0 Å². The van der Waals surface area contributed by atoms with Crippen molar-refractivity contribution in [1.29, 1.82) is 0 Å². The van der Waals surface area contributed by atoms with Crippen molar-refractivity contribution in [2.45, 2.75) is 6.61 Å². The molecule has 0 amide bonds. The topological polar surface area (TPSA) is 46.5 Å². The predicted octanol–water partition coefficient (Wildman–Crippen LogP) is 3.47. The number of carboxylic acids is 1. The van der Waals surface area contributed by atoms with Crippen molar-refractivity contribution in [3.8, 4) is 0 Å². The lowest BCUT2D eigenvalue weighted by molar-refractivity contribution is -0.136. The maximum atomic E-state index is 12.8. The van der Waals surface area contributed by atoms with Crippen molar-refractivity contribution in [2.75, 3.05) is 0 Å². The van der Waals surface area contributed by atoms with Crippen molar-refractivity contribution in [3.63, 3.8) is 0 Å². The van der Waals surface area contributed by atoms with Crippen LogP contribution in [0.4, 0.5) is 4.39 Å². The standard InChI is InChI=1S/C16H13FO3/c17-14-8-6-12(7-9-14)10-15(16(18)19)20-11-13-4-2-1-3-5-13/h1-10H,11H2,(H,18,19)/b15-10-. The molecule has 0 unspecified atom stereocenters. The van der Waals surface area contributed by atoms with Gasteiger partial charge in [0.15, 0.2) is 0 Å². The lowest BCUT2D eigenvalue weighted by Crippen LogP contribution is -2.05. The number of halogens is 1. The third-order valence-electron chi connectivity index (χ3n) is 2.62. The maximum absolute atomic E-state index is 12.8. The second-order valence-electron chi connectivity index (χ2n) is 4.14. The molecule has 0 spiro atoms. The number of hydrogen-bond acceptors (Lipinski definition) is 2. The Labute approximate surface area is 115 Å². The number of benzene rings is 2. The number of ether oxygens (including phenoxy) is 1. The zero-order valence-corrected chi connectivity index (χ0v) is 10.6. The summed E-state index contributed by atoms with van der Waals surface area (Å²) in [5.74, 6) is -1.71. The molecule has 0 fully saturated rings. The lowest BCUT2D eigenvalue weighted by Gasteiger charge is -2.07. The molecule has 0 saturated carbocycles. The molecule has 0 aliphatic heterocycles. The molecule has 0 heterocycles. The van der Waals surface area contributed by atoms with E-state index in [1.807, 2.05) is 30.3 Å². The number of carbonyl (C=O) groups is 1. The summed E-state index contributed by atoms with van der Waals surface area (Å²) < 4.78 is 18.1. The quantitative estimate of drug-likeness (QED) is 0.669. The van der Waals surface area contributed by atoms with Crippen LogP contribution in [-0.4, -0.2) is 11.1 Å². The Balaban J connectivity index is 2.11. The van der Waals surface area contributed by atoms with E-state index in [-0.39, 0.29) is 18.2 Å². The van der Waals surface area contributed by atoms with Gasteiger partial charge in [-0.1, -0.05) is 42.5 Å². The van der Waals surface area contributed by atoms with Crippen molar-refractivity contribution in [1.82, 2.24) is 0 Å². The molecule has 20 heavy (non-hydrogen) atoms. The summed E-state index contributed by atoms with van der Waals surface area (Å²) in [4.78, 5) is 11.1. The first-order valence-electron chi connectivity index (χ1n) is 6.02. The smallest absolute Gasteiger partial charge is 0.371 e. The molecular weight excluding hydrogens is 259 g/mol.